The van der Waals surface area contributed by atoms with E-state index >= 15 is 0 Å². The standard InChI is InChI=1S/C30H37N3O3.C28H30Cl2N4O3.C7H3Cl2NO/c1-21-7-9-25(29(17-21)35-4)20-33(16-15-32-13-5-6-14-32)30(34)24-10-12-28(27(31)19-24)36-26-11-8-22(2)23(3)18-26;1-18-5-8-22(15-19(18)2)37-26-10-6-20(27(35)31-11-14-34-12-3-4-13-34)16-25(26)33-28(36)32-24-9-7-21(29)17-23(24)30;8-5-1-2-7(10-4-11)6(9)3-5/h7-12,17-19H,5-6,13-16,20,31H2,1-4H3;5-10,15-17H,3-4,11-14H2,1-2H3,(H,31,35)(H2,32,33,36);1-3H. The van der Waals surface area contributed by atoms with E-state index in [-0.39, 0.29) is 11.8 Å². The Morgan fingerprint density at radius 2 is 1.19 bits per heavy atom. The van der Waals surface area contributed by atoms with Gasteiger partial charge in [-0.3, -0.25) is 9.59 Å². The van der Waals surface area contributed by atoms with Crippen LogP contribution in [0.1, 0.15) is 79.8 Å². The van der Waals surface area contributed by atoms with Crippen LogP contribution in [0.4, 0.5) is 27.5 Å². The third kappa shape index (κ3) is 19.0. The third-order valence-electron chi connectivity index (χ3n) is 14.3. The van der Waals surface area contributed by atoms with Gasteiger partial charge < -0.3 is 50.6 Å². The number of halogens is 4. The predicted octanol–water partition coefficient (Wildman–Crippen LogP) is 15.6. The Hall–Kier alpha value is -7.59. The molecule has 19 heteroatoms. The fraction of sp³-hybridized carbons (Fsp3) is 0.292. The molecule has 5 N–H and O–H groups in total. The van der Waals surface area contributed by atoms with Crippen molar-refractivity contribution in [2.75, 3.05) is 75.8 Å². The van der Waals surface area contributed by atoms with Gasteiger partial charge in [0.05, 0.1) is 39.9 Å². The van der Waals surface area contributed by atoms with Crippen molar-refractivity contribution in [2.45, 2.75) is 66.8 Å². The van der Waals surface area contributed by atoms with Crippen LogP contribution in [0.2, 0.25) is 20.1 Å². The van der Waals surface area contributed by atoms with Gasteiger partial charge >= 0.3 is 6.03 Å². The molecule has 0 radical (unpaired) electrons. The highest BCUT2D eigenvalue weighted by molar-refractivity contribution is 6.37. The highest BCUT2D eigenvalue weighted by Gasteiger charge is 2.22. The number of aliphatic imine (C=N–C) groups is 1. The molecule has 440 valence electrons. The van der Waals surface area contributed by atoms with Crippen LogP contribution < -0.4 is 35.9 Å². The van der Waals surface area contributed by atoms with Crippen molar-refractivity contribution in [3.63, 3.8) is 0 Å². The zero-order chi connectivity index (χ0) is 60.3. The fourth-order valence-electron chi connectivity index (χ4n) is 9.26. The number of hydrogen-bond acceptors (Lipinski definition) is 11. The third-order valence-corrected chi connectivity index (χ3v) is 15.4. The van der Waals surface area contributed by atoms with Gasteiger partial charge in [0, 0.05) is 59.5 Å². The van der Waals surface area contributed by atoms with Crippen LogP contribution in [-0.4, -0.2) is 98.1 Å². The Kier molecular flexibility index (Phi) is 23.9. The maximum absolute atomic E-state index is 13.7. The molecule has 2 aliphatic rings. The summed E-state index contributed by atoms with van der Waals surface area (Å²) in [6.07, 6.45) is 6.24. The molecule has 0 bridgehead atoms. The molecule has 0 atom stereocenters. The molecule has 84 heavy (non-hydrogen) atoms. The molecule has 0 unspecified atom stereocenters. The summed E-state index contributed by atoms with van der Waals surface area (Å²) in [5, 5.41) is 10.1. The number of anilines is 3. The van der Waals surface area contributed by atoms with Crippen LogP contribution >= 0.6 is 46.4 Å². The first-order valence-corrected chi connectivity index (χ1v) is 29.1. The minimum atomic E-state index is -0.541. The van der Waals surface area contributed by atoms with Gasteiger partial charge in [-0.05, 0) is 217 Å². The number of methoxy groups -OCH3 is 1. The van der Waals surface area contributed by atoms with Crippen molar-refractivity contribution < 1.29 is 33.4 Å². The number of urea groups is 1. The summed E-state index contributed by atoms with van der Waals surface area (Å²) >= 11 is 23.4. The van der Waals surface area contributed by atoms with E-state index in [9.17, 15) is 19.2 Å². The number of likely N-dealkylation sites (tertiary alicyclic amines) is 2. The van der Waals surface area contributed by atoms with Crippen LogP contribution in [0.15, 0.2) is 132 Å². The number of rotatable bonds is 18. The average molecular weight is 1220 g/mol. The fourth-order valence-corrected chi connectivity index (χ4v) is 10.2. The number of nitrogens with zero attached hydrogens (tertiary/aromatic N) is 4. The number of amides is 4. The van der Waals surface area contributed by atoms with E-state index in [4.69, 9.17) is 66.3 Å². The van der Waals surface area contributed by atoms with Crippen LogP contribution in [-0.2, 0) is 11.3 Å². The molecule has 0 aliphatic carbocycles. The smallest absolute Gasteiger partial charge is 0.323 e. The second kappa shape index (κ2) is 31.3. The van der Waals surface area contributed by atoms with Crippen molar-refractivity contribution in [1.29, 1.82) is 0 Å². The number of carbonyl (C=O) groups excluding carboxylic acids is 4. The van der Waals surface area contributed by atoms with Gasteiger partial charge in [-0.2, -0.15) is 4.99 Å². The normalized spacial score (nSPS) is 12.8. The van der Waals surface area contributed by atoms with Gasteiger partial charge in [-0.25, -0.2) is 9.59 Å². The van der Waals surface area contributed by atoms with Crippen molar-refractivity contribution in [1.82, 2.24) is 20.0 Å². The quantitative estimate of drug-likeness (QED) is 0.0367. The molecule has 2 aliphatic heterocycles. The van der Waals surface area contributed by atoms with E-state index in [0.29, 0.717) is 90.8 Å². The molecule has 2 fully saturated rings. The number of isocyanates is 1. The van der Waals surface area contributed by atoms with Crippen molar-refractivity contribution in [2.24, 2.45) is 4.99 Å². The summed E-state index contributed by atoms with van der Waals surface area (Å²) in [5.74, 6) is 2.80. The van der Waals surface area contributed by atoms with Gasteiger partial charge in [-0.15, -0.1) is 0 Å². The minimum absolute atomic E-state index is 0.0544. The molecule has 7 aromatic carbocycles. The second-order valence-corrected chi connectivity index (χ2v) is 22.2. The van der Waals surface area contributed by atoms with Crippen molar-refractivity contribution >= 4 is 93.1 Å². The Labute approximate surface area is 512 Å². The van der Waals surface area contributed by atoms with E-state index in [0.717, 1.165) is 78.6 Å². The van der Waals surface area contributed by atoms with Crippen LogP contribution in [0, 0.1) is 34.6 Å². The lowest BCUT2D eigenvalue weighted by Gasteiger charge is -2.27. The molecule has 15 nitrogen and oxygen atoms in total. The zero-order valence-corrected chi connectivity index (χ0v) is 51.1. The van der Waals surface area contributed by atoms with E-state index in [1.807, 2.05) is 81.1 Å². The van der Waals surface area contributed by atoms with Crippen molar-refractivity contribution in [3.8, 4) is 28.7 Å². The first-order chi connectivity index (χ1) is 40.3. The Balaban J connectivity index is 0.000000204. The van der Waals surface area contributed by atoms with Gasteiger partial charge in [0.2, 0.25) is 6.08 Å². The molecular weight excluding hydrogens is 1150 g/mol. The number of hydrogen-bond donors (Lipinski definition) is 4. The van der Waals surface area contributed by atoms with E-state index in [1.54, 1.807) is 73.8 Å². The van der Waals surface area contributed by atoms with Gasteiger partial charge in [0.25, 0.3) is 11.8 Å². The van der Waals surface area contributed by atoms with Gasteiger partial charge in [0.1, 0.15) is 23.0 Å². The molecule has 0 spiro atoms. The second-order valence-electron chi connectivity index (χ2n) is 20.6. The van der Waals surface area contributed by atoms with Crippen molar-refractivity contribution in [3.05, 3.63) is 192 Å². The number of ether oxygens (including phenoxy) is 3. The van der Waals surface area contributed by atoms with E-state index < -0.39 is 6.03 Å². The molecule has 9 rings (SSSR count). The van der Waals surface area contributed by atoms with Gasteiger partial charge in [-0.1, -0.05) is 70.7 Å². The number of aryl methyl sites for hydroxylation is 5. The zero-order valence-electron chi connectivity index (χ0n) is 48.1. The number of nitrogens with two attached hydrogens (primary N) is 1. The summed E-state index contributed by atoms with van der Waals surface area (Å²) in [6.45, 7) is 17.8. The number of nitrogens with one attached hydrogen (secondary N) is 3. The Morgan fingerprint density at radius 3 is 1.79 bits per heavy atom. The summed E-state index contributed by atoms with van der Waals surface area (Å²) < 4.78 is 17.7. The molecule has 2 saturated heterocycles. The summed E-state index contributed by atoms with van der Waals surface area (Å²) in [7, 11) is 1.67. The lowest BCUT2D eigenvalue weighted by atomic mass is 10.1. The average Bonchev–Trinajstić information content (AvgIpc) is 4.33. The Morgan fingerprint density at radius 1 is 0.607 bits per heavy atom. The number of carbonyl (C=O) groups is 3. The molecule has 7 aromatic rings. The molecule has 2 heterocycles. The summed E-state index contributed by atoms with van der Waals surface area (Å²) in [5.41, 5.74) is 15.5. The molecule has 0 aromatic heterocycles. The lowest BCUT2D eigenvalue weighted by molar-refractivity contribution is 0.0725. The van der Waals surface area contributed by atoms with E-state index in [2.05, 4.69) is 43.7 Å². The maximum Gasteiger partial charge on any atom is 0.323 e. The van der Waals surface area contributed by atoms with Gasteiger partial charge in [0.15, 0.2) is 5.75 Å². The largest absolute Gasteiger partial charge is 0.496 e. The highest BCUT2D eigenvalue weighted by Crippen LogP contribution is 2.34. The van der Waals surface area contributed by atoms with Crippen LogP contribution in [0.25, 0.3) is 0 Å². The molecular formula is C65H70Cl4N8O7. The summed E-state index contributed by atoms with van der Waals surface area (Å²) in [4.78, 5) is 59.2. The lowest BCUT2D eigenvalue weighted by Crippen LogP contribution is -2.37. The molecule has 4 amide bonds. The minimum Gasteiger partial charge on any atom is -0.496 e. The first-order valence-electron chi connectivity index (χ1n) is 27.6. The predicted molar refractivity (Wildman–Crippen MR) is 339 cm³/mol. The van der Waals surface area contributed by atoms with E-state index in [1.165, 1.54) is 43.4 Å². The topological polar surface area (TPSA) is 180 Å². The van der Waals surface area contributed by atoms with Crippen LogP contribution in [0.3, 0.4) is 0 Å². The highest BCUT2D eigenvalue weighted by atomic mass is 35.5. The number of nitrogen functional groups attached to an aromatic ring is 1. The Bertz CT molecular complexity index is 3490. The monoisotopic (exact) mass is 1210 g/mol. The number of benzene rings is 7. The molecule has 0 saturated carbocycles. The first kappa shape index (κ1) is 64.0. The van der Waals surface area contributed by atoms with Crippen LogP contribution in [0.5, 0.6) is 28.7 Å². The SMILES string of the molecule is COc1cc(C)ccc1CN(CCN1CCCC1)C(=O)c1ccc(Oc2ccc(C)c(C)c2)c(N)c1.Cc1ccc(Oc2ccc(C(=O)NCCN3CCCC3)cc2NC(=O)Nc2ccc(Cl)cc2Cl)cc1C.O=C=Nc1ccc(Cl)cc1Cl. The summed E-state index contributed by atoms with van der Waals surface area (Å²) in [6, 6.07) is 37.0. The maximum atomic E-state index is 13.7.